The normalized spacial score (nSPS) is 16.7. The van der Waals surface area contributed by atoms with E-state index >= 15 is 0 Å². The number of amides is 1. The molecular weight excluding hydrogens is 336 g/mol. The van der Waals surface area contributed by atoms with Crippen molar-refractivity contribution >= 4 is 17.4 Å². The Bertz CT molecular complexity index is 765. The SMILES string of the molecule is CCC(=O)N(c1ccccc1)C1(C(C)=O)CCN(Cc2ccccc2)CC1. The fourth-order valence-electron chi connectivity index (χ4n) is 4.02. The first-order chi connectivity index (χ1) is 13.1. The van der Waals surface area contributed by atoms with Gasteiger partial charge in [0.25, 0.3) is 0 Å². The molecule has 1 aliphatic rings. The van der Waals surface area contributed by atoms with Crippen molar-refractivity contribution in [2.24, 2.45) is 0 Å². The standard InChI is InChI=1S/C23H28N2O2/c1-3-22(27)25(21-12-8-5-9-13-21)23(19(2)26)14-16-24(17-15-23)18-20-10-6-4-7-11-20/h4-13H,3,14-18H2,1-2H3. The van der Waals surface area contributed by atoms with E-state index in [2.05, 4.69) is 29.2 Å². The minimum Gasteiger partial charge on any atom is -0.299 e. The molecule has 1 amide bonds. The van der Waals surface area contributed by atoms with Crippen LogP contribution in [0, 0.1) is 0 Å². The number of Topliss-reactive ketones (excluding diaryl/α,β-unsaturated/α-hetero) is 1. The zero-order chi connectivity index (χ0) is 19.3. The van der Waals surface area contributed by atoms with Gasteiger partial charge in [0, 0.05) is 31.7 Å². The molecule has 2 aromatic carbocycles. The van der Waals surface area contributed by atoms with Gasteiger partial charge in [-0.05, 0) is 37.5 Å². The number of carbonyl (C=O) groups is 2. The summed E-state index contributed by atoms with van der Waals surface area (Å²) in [6.07, 6.45) is 1.71. The highest BCUT2D eigenvalue weighted by atomic mass is 16.2. The van der Waals surface area contributed by atoms with E-state index in [9.17, 15) is 9.59 Å². The number of benzene rings is 2. The summed E-state index contributed by atoms with van der Waals surface area (Å²) in [6.45, 7) is 5.97. The van der Waals surface area contributed by atoms with Gasteiger partial charge in [-0.2, -0.15) is 0 Å². The van der Waals surface area contributed by atoms with Crippen LogP contribution in [0.25, 0.3) is 0 Å². The zero-order valence-electron chi connectivity index (χ0n) is 16.2. The van der Waals surface area contributed by atoms with Crippen LogP contribution in [0.4, 0.5) is 5.69 Å². The average Bonchev–Trinajstić information content (AvgIpc) is 2.71. The van der Waals surface area contributed by atoms with Crippen LogP contribution in [0.5, 0.6) is 0 Å². The van der Waals surface area contributed by atoms with Crippen LogP contribution in [0.3, 0.4) is 0 Å². The van der Waals surface area contributed by atoms with Gasteiger partial charge in [0.1, 0.15) is 5.54 Å². The summed E-state index contributed by atoms with van der Waals surface area (Å²) in [5.41, 5.74) is 1.34. The number of carbonyl (C=O) groups excluding carboxylic acids is 2. The Kier molecular flexibility index (Phi) is 6.07. The van der Waals surface area contributed by atoms with Crippen molar-refractivity contribution in [3.05, 3.63) is 66.2 Å². The van der Waals surface area contributed by atoms with Gasteiger partial charge in [0.2, 0.25) is 5.91 Å². The third-order valence-corrected chi connectivity index (χ3v) is 5.58. The van der Waals surface area contributed by atoms with E-state index in [0.29, 0.717) is 19.3 Å². The lowest BCUT2D eigenvalue weighted by molar-refractivity contribution is -0.129. The molecule has 0 N–H and O–H groups in total. The van der Waals surface area contributed by atoms with Crippen LogP contribution in [0.1, 0.15) is 38.7 Å². The Labute approximate surface area is 161 Å². The summed E-state index contributed by atoms with van der Waals surface area (Å²) in [4.78, 5) is 29.8. The third kappa shape index (κ3) is 4.11. The molecule has 142 valence electrons. The second-order valence-corrected chi connectivity index (χ2v) is 7.27. The molecule has 1 heterocycles. The number of ketones is 1. The van der Waals surface area contributed by atoms with Gasteiger partial charge in [0.05, 0.1) is 0 Å². The topological polar surface area (TPSA) is 40.6 Å². The molecule has 3 rings (SSSR count). The Morgan fingerprint density at radius 2 is 1.52 bits per heavy atom. The Hall–Kier alpha value is -2.46. The molecule has 0 bridgehead atoms. The molecule has 4 heteroatoms. The maximum Gasteiger partial charge on any atom is 0.227 e. The van der Waals surface area contributed by atoms with E-state index < -0.39 is 5.54 Å². The van der Waals surface area contributed by atoms with Crippen LogP contribution in [-0.4, -0.2) is 35.2 Å². The van der Waals surface area contributed by atoms with Crippen molar-refractivity contribution in [3.8, 4) is 0 Å². The van der Waals surface area contributed by atoms with Crippen LogP contribution < -0.4 is 4.90 Å². The molecule has 1 saturated heterocycles. The Morgan fingerprint density at radius 1 is 0.963 bits per heavy atom. The number of hydrogen-bond donors (Lipinski definition) is 0. The molecule has 0 radical (unpaired) electrons. The van der Waals surface area contributed by atoms with Gasteiger partial charge in [-0.15, -0.1) is 0 Å². The summed E-state index contributed by atoms with van der Waals surface area (Å²) < 4.78 is 0. The minimum atomic E-state index is -0.748. The number of anilines is 1. The number of hydrogen-bond acceptors (Lipinski definition) is 3. The summed E-state index contributed by atoms with van der Waals surface area (Å²) >= 11 is 0. The third-order valence-electron chi connectivity index (χ3n) is 5.58. The quantitative estimate of drug-likeness (QED) is 0.776. The predicted octanol–water partition coefficient (Wildman–Crippen LogP) is 4.05. The number of piperidine rings is 1. The molecule has 0 aliphatic carbocycles. The van der Waals surface area contributed by atoms with Crippen LogP contribution in [0.2, 0.25) is 0 Å². The molecule has 1 fully saturated rings. The molecule has 0 saturated carbocycles. The summed E-state index contributed by atoms with van der Waals surface area (Å²) in [7, 11) is 0. The van der Waals surface area contributed by atoms with Gasteiger partial charge in [-0.1, -0.05) is 55.5 Å². The minimum absolute atomic E-state index is 0.00732. The van der Waals surface area contributed by atoms with E-state index in [-0.39, 0.29) is 11.7 Å². The van der Waals surface area contributed by atoms with Crippen molar-refractivity contribution in [1.29, 1.82) is 0 Å². The number of rotatable bonds is 6. The number of para-hydroxylation sites is 1. The van der Waals surface area contributed by atoms with Crippen molar-refractivity contribution < 1.29 is 9.59 Å². The summed E-state index contributed by atoms with van der Waals surface area (Å²) in [5.74, 6) is 0.0837. The molecule has 0 spiro atoms. The smallest absolute Gasteiger partial charge is 0.227 e. The van der Waals surface area contributed by atoms with Crippen molar-refractivity contribution in [2.75, 3.05) is 18.0 Å². The molecule has 0 aromatic heterocycles. The lowest BCUT2D eigenvalue weighted by Gasteiger charge is -2.47. The molecule has 4 nitrogen and oxygen atoms in total. The maximum absolute atomic E-state index is 12.9. The highest BCUT2D eigenvalue weighted by molar-refractivity contribution is 6.03. The fraction of sp³-hybridized carbons (Fsp3) is 0.391. The second kappa shape index (κ2) is 8.49. The molecule has 0 unspecified atom stereocenters. The van der Waals surface area contributed by atoms with Gasteiger partial charge in [0.15, 0.2) is 5.78 Å². The van der Waals surface area contributed by atoms with Crippen LogP contribution >= 0.6 is 0 Å². The van der Waals surface area contributed by atoms with Crippen molar-refractivity contribution in [2.45, 2.75) is 45.2 Å². The highest BCUT2D eigenvalue weighted by Crippen LogP contribution is 2.35. The van der Waals surface area contributed by atoms with Crippen molar-refractivity contribution in [1.82, 2.24) is 4.90 Å². The molecule has 1 aliphatic heterocycles. The van der Waals surface area contributed by atoms with Crippen LogP contribution in [0.15, 0.2) is 60.7 Å². The lowest BCUT2D eigenvalue weighted by Crippen LogP contribution is -2.61. The first-order valence-electron chi connectivity index (χ1n) is 9.72. The van der Waals surface area contributed by atoms with E-state index in [1.54, 1.807) is 11.8 Å². The Morgan fingerprint density at radius 3 is 2.04 bits per heavy atom. The number of likely N-dealkylation sites (tertiary alicyclic amines) is 1. The van der Waals surface area contributed by atoms with Crippen LogP contribution in [-0.2, 0) is 16.1 Å². The lowest BCUT2D eigenvalue weighted by atomic mass is 9.81. The van der Waals surface area contributed by atoms with E-state index in [1.807, 2.05) is 43.3 Å². The van der Waals surface area contributed by atoms with E-state index in [4.69, 9.17) is 0 Å². The molecule has 27 heavy (non-hydrogen) atoms. The maximum atomic E-state index is 12.9. The summed E-state index contributed by atoms with van der Waals surface area (Å²) in [5, 5.41) is 0. The first-order valence-corrected chi connectivity index (χ1v) is 9.72. The second-order valence-electron chi connectivity index (χ2n) is 7.27. The zero-order valence-corrected chi connectivity index (χ0v) is 16.2. The van der Waals surface area contributed by atoms with Gasteiger partial charge >= 0.3 is 0 Å². The van der Waals surface area contributed by atoms with Gasteiger partial charge < -0.3 is 0 Å². The molecule has 0 atom stereocenters. The van der Waals surface area contributed by atoms with Gasteiger partial charge in [-0.3, -0.25) is 19.4 Å². The fourth-order valence-corrected chi connectivity index (χ4v) is 4.02. The average molecular weight is 364 g/mol. The predicted molar refractivity (Wildman–Crippen MR) is 109 cm³/mol. The largest absolute Gasteiger partial charge is 0.299 e. The molecule has 2 aromatic rings. The van der Waals surface area contributed by atoms with E-state index in [1.165, 1.54) is 5.56 Å². The highest BCUT2D eigenvalue weighted by Gasteiger charge is 2.46. The Balaban J connectivity index is 1.83. The monoisotopic (exact) mass is 364 g/mol. The summed E-state index contributed by atoms with van der Waals surface area (Å²) in [6, 6.07) is 20.0. The van der Waals surface area contributed by atoms with Gasteiger partial charge in [-0.25, -0.2) is 0 Å². The van der Waals surface area contributed by atoms with Crippen molar-refractivity contribution in [3.63, 3.8) is 0 Å². The van der Waals surface area contributed by atoms with E-state index in [0.717, 1.165) is 25.3 Å². The molecular formula is C23H28N2O2. The number of nitrogens with zero attached hydrogens (tertiary/aromatic N) is 2. The first kappa shape index (κ1) is 19.3.